The van der Waals surface area contributed by atoms with Gasteiger partial charge in [0.15, 0.2) is 0 Å². The summed E-state index contributed by atoms with van der Waals surface area (Å²) in [5.41, 5.74) is 1.55. The van der Waals surface area contributed by atoms with Crippen LogP contribution in [0.25, 0.3) is 0 Å². The summed E-state index contributed by atoms with van der Waals surface area (Å²) >= 11 is 0. The summed E-state index contributed by atoms with van der Waals surface area (Å²) in [5, 5.41) is 3.59. The third-order valence-electron chi connectivity index (χ3n) is 4.17. The lowest BCUT2D eigenvalue weighted by Gasteiger charge is -2.43. The van der Waals surface area contributed by atoms with Crippen LogP contribution < -0.4 is 5.32 Å². The Labute approximate surface area is 125 Å². The van der Waals surface area contributed by atoms with Crippen molar-refractivity contribution < 1.29 is 9.13 Å². The molecule has 21 heavy (non-hydrogen) atoms. The Hall–Kier alpha value is -1.71. The van der Waals surface area contributed by atoms with Gasteiger partial charge in [-0.1, -0.05) is 48.5 Å². The molecule has 0 bridgehead atoms. The van der Waals surface area contributed by atoms with Crippen LogP contribution in [-0.4, -0.2) is 12.6 Å². The van der Waals surface area contributed by atoms with Crippen molar-refractivity contribution in [1.29, 1.82) is 0 Å². The fraction of sp³-hybridized carbons (Fsp3) is 0.333. The van der Waals surface area contributed by atoms with E-state index < -0.39 is 0 Å². The van der Waals surface area contributed by atoms with Crippen molar-refractivity contribution in [2.75, 3.05) is 6.61 Å². The van der Waals surface area contributed by atoms with Crippen molar-refractivity contribution in [3.63, 3.8) is 0 Å². The van der Waals surface area contributed by atoms with Gasteiger partial charge >= 0.3 is 0 Å². The van der Waals surface area contributed by atoms with Gasteiger partial charge < -0.3 is 10.1 Å². The zero-order chi connectivity index (χ0) is 14.9. The minimum atomic E-state index is -0.261. The summed E-state index contributed by atoms with van der Waals surface area (Å²) in [6.45, 7) is 4.67. The number of morpholine rings is 1. The molecule has 110 valence electrons. The number of benzene rings is 2. The van der Waals surface area contributed by atoms with Gasteiger partial charge in [-0.25, -0.2) is 4.39 Å². The van der Waals surface area contributed by atoms with E-state index in [2.05, 4.69) is 24.4 Å². The molecule has 1 aliphatic heterocycles. The molecule has 0 aliphatic carbocycles. The van der Waals surface area contributed by atoms with E-state index in [1.807, 2.05) is 31.2 Å². The summed E-state index contributed by atoms with van der Waals surface area (Å²) in [7, 11) is 0. The average molecular weight is 285 g/mol. The maximum absolute atomic E-state index is 14.0. The first-order valence-corrected chi connectivity index (χ1v) is 7.29. The fourth-order valence-electron chi connectivity index (χ4n) is 3.06. The van der Waals surface area contributed by atoms with Crippen LogP contribution in [-0.2, 0) is 10.3 Å². The van der Waals surface area contributed by atoms with Crippen LogP contribution in [0, 0.1) is 5.82 Å². The van der Waals surface area contributed by atoms with Crippen molar-refractivity contribution in [2.45, 2.75) is 31.5 Å². The predicted octanol–water partition coefficient (Wildman–Crippen LogP) is 3.79. The minimum Gasteiger partial charge on any atom is -0.370 e. The third-order valence-corrected chi connectivity index (χ3v) is 4.17. The van der Waals surface area contributed by atoms with Crippen molar-refractivity contribution in [3.05, 3.63) is 71.5 Å². The Balaban J connectivity index is 1.83. The Bertz CT molecular complexity index is 616. The van der Waals surface area contributed by atoms with E-state index in [1.165, 1.54) is 11.6 Å². The minimum absolute atomic E-state index is 0.0286. The van der Waals surface area contributed by atoms with Crippen molar-refractivity contribution in [1.82, 2.24) is 5.32 Å². The van der Waals surface area contributed by atoms with Crippen LogP contribution in [0.5, 0.6) is 0 Å². The Morgan fingerprint density at radius 2 is 1.76 bits per heavy atom. The summed E-state index contributed by atoms with van der Waals surface area (Å²) in [6.07, 6.45) is -0.261. The predicted molar refractivity (Wildman–Crippen MR) is 81.5 cm³/mol. The summed E-state index contributed by atoms with van der Waals surface area (Å²) in [6, 6.07) is 17.1. The van der Waals surface area contributed by atoms with Gasteiger partial charge in [0, 0.05) is 11.6 Å². The Kier molecular flexibility index (Phi) is 3.79. The van der Waals surface area contributed by atoms with Gasteiger partial charge in [0.2, 0.25) is 0 Å². The maximum Gasteiger partial charge on any atom is 0.129 e. The normalized spacial score (nSPS) is 29.3. The average Bonchev–Trinajstić information content (AvgIpc) is 2.49. The molecule has 3 heteroatoms. The first-order chi connectivity index (χ1) is 10.1. The van der Waals surface area contributed by atoms with E-state index in [-0.39, 0.29) is 23.5 Å². The van der Waals surface area contributed by atoms with E-state index in [0.29, 0.717) is 12.2 Å². The molecule has 1 saturated heterocycles. The molecule has 1 heterocycles. The first kappa shape index (κ1) is 14.2. The van der Waals surface area contributed by atoms with Gasteiger partial charge in [0.25, 0.3) is 0 Å². The highest BCUT2D eigenvalue weighted by Gasteiger charge is 2.38. The second-order valence-corrected chi connectivity index (χ2v) is 5.88. The smallest absolute Gasteiger partial charge is 0.129 e. The molecule has 0 aromatic heterocycles. The number of nitrogens with one attached hydrogen (secondary N) is 1. The van der Waals surface area contributed by atoms with Crippen LogP contribution in [0.4, 0.5) is 4.39 Å². The summed E-state index contributed by atoms with van der Waals surface area (Å²) in [4.78, 5) is 0. The molecule has 1 aliphatic rings. The number of rotatable bonds is 2. The van der Waals surface area contributed by atoms with Crippen molar-refractivity contribution in [2.24, 2.45) is 0 Å². The Morgan fingerprint density at radius 3 is 2.43 bits per heavy atom. The molecule has 1 N–H and O–H groups in total. The van der Waals surface area contributed by atoms with Gasteiger partial charge in [0.1, 0.15) is 11.9 Å². The molecule has 0 radical (unpaired) electrons. The quantitative estimate of drug-likeness (QED) is 0.906. The highest BCUT2D eigenvalue weighted by Crippen LogP contribution is 2.34. The van der Waals surface area contributed by atoms with Crippen molar-refractivity contribution in [3.8, 4) is 0 Å². The van der Waals surface area contributed by atoms with Crippen LogP contribution in [0.15, 0.2) is 54.6 Å². The molecule has 3 rings (SSSR count). The molecule has 2 aromatic carbocycles. The highest BCUT2D eigenvalue weighted by atomic mass is 19.1. The molecule has 0 spiro atoms. The molecule has 3 unspecified atom stereocenters. The van der Waals surface area contributed by atoms with Gasteiger partial charge in [-0.15, -0.1) is 0 Å². The standard InChI is InChI=1S/C18H20FNO/c1-13-17(15-10-6-7-11-16(15)19)21-12-18(2,20-13)14-8-4-3-5-9-14/h3-11,13,17,20H,12H2,1-2H3. The largest absolute Gasteiger partial charge is 0.370 e. The molecular weight excluding hydrogens is 265 g/mol. The van der Waals surface area contributed by atoms with E-state index in [4.69, 9.17) is 4.74 Å². The molecule has 3 atom stereocenters. The Morgan fingerprint density at radius 1 is 1.10 bits per heavy atom. The molecule has 0 saturated carbocycles. The van der Waals surface area contributed by atoms with E-state index in [9.17, 15) is 4.39 Å². The van der Waals surface area contributed by atoms with E-state index in [1.54, 1.807) is 12.1 Å². The van der Waals surface area contributed by atoms with Crippen molar-refractivity contribution >= 4 is 0 Å². The zero-order valence-corrected chi connectivity index (χ0v) is 12.3. The summed E-state index contributed by atoms with van der Waals surface area (Å²) < 4.78 is 20.0. The molecule has 0 amide bonds. The lowest BCUT2D eigenvalue weighted by molar-refractivity contribution is -0.0587. The van der Waals surface area contributed by atoms with Crippen LogP contribution in [0.2, 0.25) is 0 Å². The van der Waals surface area contributed by atoms with Crippen LogP contribution >= 0.6 is 0 Å². The van der Waals surface area contributed by atoms with Gasteiger partial charge in [-0.2, -0.15) is 0 Å². The van der Waals surface area contributed by atoms with Gasteiger partial charge in [0.05, 0.1) is 12.1 Å². The van der Waals surface area contributed by atoms with Gasteiger partial charge in [-0.05, 0) is 25.5 Å². The van der Waals surface area contributed by atoms with Crippen LogP contribution in [0.3, 0.4) is 0 Å². The number of hydrogen-bond donors (Lipinski definition) is 1. The fourth-order valence-corrected chi connectivity index (χ4v) is 3.06. The molecule has 2 nitrogen and oxygen atoms in total. The second-order valence-electron chi connectivity index (χ2n) is 5.88. The van der Waals surface area contributed by atoms with E-state index in [0.717, 1.165) is 0 Å². The maximum atomic E-state index is 14.0. The number of hydrogen-bond acceptors (Lipinski definition) is 2. The lowest BCUT2D eigenvalue weighted by Crippen LogP contribution is -2.55. The third kappa shape index (κ3) is 2.71. The summed E-state index contributed by atoms with van der Waals surface area (Å²) in [5.74, 6) is -0.209. The monoisotopic (exact) mass is 285 g/mol. The molecule has 1 fully saturated rings. The topological polar surface area (TPSA) is 21.3 Å². The SMILES string of the molecule is CC1NC(C)(c2ccccc2)COC1c1ccccc1F. The second kappa shape index (κ2) is 5.58. The number of ether oxygens (including phenoxy) is 1. The zero-order valence-electron chi connectivity index (χ0n) is 12.3. The first-order valence-electron chi connectivity index (χ1n) is 7.29. The lowest BCUT2D eigenvalue weighted by atomic mass is 9.88. The van der Waals surface area contributed by atoms with E-state index >= 15 is 0 Å². The highest BCUT2D eigenvalue weighted by molar-refractivity contribution is 5.27. The molecular formula is C18H20FNO. The molecule has 2 aromatic rings. The van der Waals surface area contributed by atoms with Gasteiger partial charge in [-0.3, -0.25) is 0 Å². The number of halogens is 1. The van der Waals surface area contributed by atoms with Crippen LogP contribution in [0.1, 0.15) is 31.1 Å².